The van der Waals surface area contributed by atoms with Crippen LogP contribution < -0.4 is 5.32 Å². The fourth-order valence-corrected chi connectivity index (χ4v) is 5.05. The number of urea groups is 1. The van der Waals surface area contributed by atoms with Gasteiger partial charge in [-0.15, -0.1) is 0 Å². The molecule has 2 aliphatic heterocycles. The van der Waals surface area contributed by atoms with Crippen molar-refractivity contribution in [3.05, 3.63) is 83.9 Å². The number of para-hydroxylation sites is 1. The van der Waals surface area contributed by atoms with E-state index in [1.807, 2.05) is 29.3 Å². The standard InChI is InChI=1S/C25H29N5O/c1-28-19-21-9-5-6-10-22(21)30-18-15-26-23(30)25(28)12-16-29(17-13-25)24(31)27-14-11-20-7-3-2-4-8-20/h2-10,15,18H,11-14,16-17,19H2,1H3,(H,27,31). The van der Waals surface area contributed by atoms with Gasteiger partial charge in [-0.2, -0.15) is 0 Å². The molecule has 160 valence electrons. The van der Waals surface area contributed by atoms with Crippen LogP contribution in [0.3, 0.4) is 0 Å². The van der Waals surface area contributed by atoms with E-state index in [9.17, 15) is 4.79 Å². The summed E-state index contributed by atoms with van der Waals surface area (Å²) in [5, 5.41) is 3.10. The van der Waals surface area contributed by atoms with E-state index < -0.39 is 0 Å². The summed E-state index contributed by atoms with van der Waals surface area (Å²) in [5.74, 6) is 1.09. The molecule has 1 saturated heterocycles. The van der Waals surface area contributed by atoms with Crippen molar-refractivity contribution in [2.75, 3.05) is 26.7 Å². The number of piperidine rings is 1. The molecule has 0 radical (unpaired) electrons. The van der Waals surface area contributed by atoms with Crippen LogP contribution in [-0.2, 0) is 18.5 Å². The lowest BCUT2D eigenvalue weighted by molar-refractivity contribution is 0.0359. The van der Waals surface area contributed by atoms with Gasteiger partial charge in [0, 0.05) is 38.6 Å². The third kappa shape index (κ3) is 3.61. The Balaban J connectivity index is 1.28. The van der Waals surface area contributed by atoms with E-state index in [0.29, 0.717) is 6.54 Å². The van der Waals surface area contributed by atoms with Crippen molar-refractivity contribution in [2.45, 2.75) is 31.3 Å². The first-order chi connectivity index (χ1) is 15.2. The topological polar surface area (TPSA) is 53.4 Å². The zero-order valence-corrected chi connectivity index (χ0v) is 18.0. The Morgan fingerprint density at radius 3 is 2.61 bits per heavy atom. The maximum atomic E-state index is 12.8. The first kappa shape index (κ1) is 19.8. The predicted octanol–water partition coefficient (Wildman–Crippen LogP) is 3.56. The van der Waals surface area contributed by atoms with Gasteiger partial charge in [-0.3, -0.25) is 4.90 Å². The Morgan fingerprint density at radius 2 is 1.81 bits per heavy atom. The lowest BCUT2D eigenvalue weighted by atomic mass is 9.85. The van der Waals surface area contributed by atoms with Crippen molar-refractivity contribution in [3.8, 4) is 5.69 Å². The van der Waals surface area contributed by atoms with E-state index in [-0.39, 0.29) is 11.6 Å². The van der Waals surface area contributed by atoms with Gasteiger partial charge in [-0.05, 0) is 43.5 Å². The number of carbonyl (C=O) groups is 1. The van der Waals surface area contributed by atoms with Crippen molar-refractivity contribution in [1.82, 2.24) is 24.7 Å². The van der Waals surface area contributed by atoms with Gasteiger partial charge in [0.1, 0.15) is 5.82 Å². The Kier molecular flexibility index (Phi) is 5.24. The molecule has 0 atom stereocenters. The molecule has 5 rings (SSSR count). The average Bonchev–Trinajstić information content (AvgIpc) is 3.27. The number of hydrogen-bond donors (Lipinski definition) is 1. The van der Waals surface area contributed by atoms with Crippen molar-refractivity contribution in [1.29, 1.82) is 0 Å². The number of likely N-dealkylation sites (tertiary alicyclic amines) is 1. The van der Waals surface area contributed by atoms with Crippen molar-refractivity contribution >= 4 is 6.03 Å². The molecule has 0 unspecified atom stereocenters. The highest BCUT2D eigenvalue weighted by atomic mass is 16.2. The molecule has 1 N–H and O–H groups in total. The minimum Gasteiger partial charge on any atom is -0.338 e. The number of rotatable bonds is 3. The molecule has 3 heterocycles. The lowest BCUT2D eigenvalue weighted by Crippen LogP contribution is -2.54. The zero-order chi connectivity index (χ0) is 21.3. The molecule has 2 aliphatic rings. The number of fused-ring (bicyclic) bond motifs is 4. The molecule has 3 aromatic rings. The Labute approximate surface area is 183 Å². The number of benzene rings is 2. The summed E-state index contributed by atoms with van der Waals surface area (Å²) in [6.07, 6.45) is 6.57. The molecule has 6 heteroatoms. The minimum absolute atomic E-state index is 0.0358. The van der Waals surface area contributed by atoms with Gasteiger partial charge in [0.05, 0.1) is 11.2 Å². The van der Waals surface area contributed by atoms with E-state index in [1.54, 1.807) is 0 Å². The number of nitrogens with one attached hydrogen (secondary N) is 1. The fourth-order valence-electron chi connectivity index (χ4n) is 5.05. The van der Waals surface area contributed by atoms with Gasteiger partial charge < -0.3 is 14.8 Å². The Morgan fingerprint density at radius 1 is 1.06 bits per heavy atom. The van der Waals surface area contributed by atoms with Crippen LogP contribution in [0.2, 0.25) is 0 Å². The van der Waals surface area contributed by atoms with E-state index >= 15 is 0 Å². The number of imidazole rings is 1. The van der Waals surface area contributed by atoms with Gasteiger partial charge in [0.25, 0.3) is 0 Å². The van der Waals surface area contributed by atoms with Gasteiger partial charge in [-0.25, -0.2) is 9.78 Å². The summed E-state index contributed by atoms with van der Waals surface area (Å²) >= 11 is 0. The highest BCUT2D eigenvalue weighted by molar-refractivity contribution is 5.74. The van der Waals surface area contributed by atoms with Gasteiger partial charge in [-0.1, -0.05) is 48.5 Å². The molecule has 2 amide bonds. The maximum absolute atomic E-state index is 12.8. The number of carbonyl (C=O) groups excluding carboxylic acids is 1. The van der Waals surface area contributed by atoms with E-state index in [2.05, 4.69) is 64.4 Å². The smallest absolute Gasteiger partial charge is 0.317 e. The zero-order valence-electron chi connectivity index (χ0n) is 18.0. The summed E-state index contributed by atoms with van der Waals surface area (Å²) in [4.78, 5) is 21.9. The monoisotopic (exact) mass is 415 g/mol. The molecule has 6 nitrogen and oxygen atoms in total. The van der Waals surface area contributed by atoms with E-state index in [4.69, 9.17) is 4.98 Å². The Hall–Kier alpha value is -3.12. The van der Waals surface area contributed by atoms with Crippen LogP contribution >= 0.6 is 0 Å². The summed E-state index contributed by atoms with van der Waals surface area (Å²) < 4.78 is 2.24. The fraction of sp³-hybridized carbons (Fsp3) is 0.360. The largest absolute Gasteiger partial charge is 0.338 e. The van der Waals surface area contributed by atoms with E-state index in [1.165, 1.54) is 16.8 Å². The summed E-state index contributed by atoms with van der Waals surface area (Å²) in [6.45, 7) is 2.99. The highest BCUT2D eigenvalue weighted by Gasteiger charge is 2.45. The molecule has 0 saturated carbocycles. The number of hydrogen-bond acceptors (Lipinski definition) is 3. The Bertz CT molecular complexity index is 1050. The maximum Gasteiger partial charge on any atom is 0.317 e. The molecule has 1 spiro atoms. The van der Waals surface area contributed by atoms with Gasteiger partial charge in [0.2, 0.25) is 0 Å². The van der Waals surface area contributed by atoms with Crippen molar-refractivity contribution < 1.29 is 4.79 Å². The molecular formula is C25H29N5O. The lowest BCUT2D eigenvalue weighted by Gasteiger charge is -2.45. The predicted molar refractivity (Wildman–Crippen MR) is 121 cm³/mol. The van der Waals surface area contributed by atoms with Crippen LogP contribution in [0.1, 0.15) is 29.8 Å². The number of nitrogens with zero attached hydrogens (tertiary/aromatic N) is 4. The molecule has 2 aromatic carbocycles. The number of amides is 2. The molecule has 1 fully saturated rings. The average molecular weight is 416 g/mol. The van der Waals surface area contributed by atoms with Crippen LogP contribution in [0, 0.1) is 0 Å². The SMILES string of the molecule is CN1Cc2ccccc2-n2ccnc2C12CCN(C(=O)NCCc1ccccc1)CC2. The van der Waals surface area contributed by atoms with Crippen molar-refractivity contribution in [3.63, 3.8) is 0 Å². The van der Waals surface area contributed by atoms with Crippen molar-refractivity contribution in [2.24, 2.45) is 0 Å². The van der Waals surface area contributed by atoms with Gasteiger partial charge in [0.15, 0.2) is 0 Å². The second-order valence-electron chi connectivity index (χ2n) is 8.59. The van der Waals surface area contributed by atoms with Crippen LogP contribution in [0.15, 0.2) is 67.0 Å². The first-order valence-corrected chi connectivity index (χ1v) is 11.1. The second-order valence-corrected chi connectivity index (χ2v) is 8.59. The molecule has 0 aliphatic carbocycles. The van der Waals surface area contributed by atoms with Crippen LogP contribution in [0.4, 0.5) is 4.79 Å². The van der Waals surface area contributed by atoms with Crippen LogP contribution in [0.25, 0.3) is 5.69 Å². The molecule has 31 heavy (non-hydrogen) atoms. The highest BCUT2D eigenvalue weighted by Crippen LogP contribution is 2.41. The molecule has 1 aromatic heterocycles. The minimum atomic E-state index is -0.163. The molecular weight excluding hydrogens is 386 g/mol. The summed E-state index contributed by atoms with van der Waals surface area (Å²) in [6, 6.07) is 18.9. The van der Waals surface area contributed by atoms with Crippen LogP contribution in [-0.4, -0.2) is 52.1 Å². The van der Waals surface area contributed by atoms with Gasteiger partial charge >= 0.3 is 6.03 Å². The third-order valence-corrected chi connectivity index (χ3v) is 6.86. The van der Waals surface area contributed by atoms with E-state index in [0.717, 1.165) is 44.7 Å². The second kappa shape index (κ2) is 8.19. The first-order valence-electron chi connectivity index (χ1n) is 11.1. The quantitative estimate of drug-likeness (QED) is 0.712. The normalized spacial score (nSPS) is 17.6. The van der Waals surface area contributed by atoms with Crippen LogP contribution in [0.5, 0.6) is 0 Å². The third-order valence-electron chi connectivity index (χ3n) is 6.86. The summed E-state index contributed by atoms with van der Waals surface area (Å²) in [5.41, 5.74) is 3.59. The molecule has 0 bridgehead atoms. The summed E-state index contributed by atoms with van der Waals surface area (Å²) in [7, 11) is 2.19. The number of aromatic nitrogens is 2.